The van der Waals surface area contributed by atoms with Gasteiger partial charge < -0.3 is 14.5 Å². The van der Waals surface area contributed by atoms with Crippen molar-refractivity contribution in [3.63, 3.8) is 0 Å². The lowest BCUT2D eigenvalue weighted by molar-refractivity contribution is -0.147. The molecular weight excluding hydrogens is 304 g/mol. The van der Waals surface area contributed by atoms with Crippen molar-refractivity contribution in [3.05, 3.63) is 29.3 Å². The quantitative estimate of drug-likeness (QED) is 0.836. The maximum Gasteiger partial charge on any atom is 0.228 e. The summed E-state index contributed by atoms with van der Waals surface area (Å²) in [7, 11) is 0. The number of carbonyl (C=O) groups is 2. The molecule has 0 aliphatic carbocycles. The number of benzene rings is 1. The minimum Gasteiger partial charge on any atom is -0.372 e. The van der Waals surface area contributed by atoms with Gasteiger partial charge in [0.1, 0.15) is 0 Å². The maximum absolute atomic E-state index is 12.8. The third-order valence-corrected chi connectivity index (χ3v) is 5.01. The summed E-state index contributed by atoms with van der Waals surface area (Å²) < 4.78 is 5.69. The molecule has 130 valence electrons. The van der Waals surface area contributed by atoms with Gasteiger partial charge in [0.05, 0.1) is 18.1 Å². The highest BCUT2D eigenvalue weighted by atomic mass is 16.5. The fourth-order valence-corrected chi connectivity index (χ4v) is 3.63. The van der Waals surface area contributed by atoms with Crippen molar-refractivity contribution in [2.45, 2.75) is 46.3 Å². The summed E-state index contributed by atoms with van der Waals surface area (Å²) in [5.41, 5.74) is 3.25. The highest BCUT2D eigenvalue weighted by molar-refractivity contribution is 6.00. The van der Waals surface area contributed by atoms with Gasteiger partial charge in [-0.15, -0.1) is 0 Å². The molecule has 0 bridgehead atoms. The van der Waals surface area contributed by atoms with Gasteiger partial charge >= 0.3 is 0 Å². The Morgan fingerprint density at radius 3 is 2.38 bits per heavy atom. The van der Waals surface area contributed by atoms with Crippen molar-refractivity contribution in [2.75, 3.05) is 24.5 Å². The van der Waals surface area contributed by atoms with Crippen LogP contribution in [0, 0.1) is 19.8 Å². The predicted molar refractivity (Wildman–Crippen MR) is 93.0 cm³/mol. The van der Waals surface area contributed by atoms with Crippen LogP contribution in [-0.4, -0.2) is 48.6 Å². The fraction of sp³-hybridized carbons (Fsp3) is 0.579. The van der Waals surface area contributed by atoms with E-state index in [9.17, 15) is 9.59 Å². The van der Waals surface area contributed by atoms with Gasteiger partial charge in [-0.05, 0) is 51.0 Å². The van der Waals surface area contributed by atoms with Gasteiger partial charge in [-0.3, -0.25) is 9.59 Å². The fourth-order valence-electron chi connectivity index (χ4n) is 3.63. The van der Waals surface area contributed by atoms with Gasteiger partial charge in [-0.2, -0.15) is 0 Å². The number of amides is 2. The first kappa shape index (κ1) is 17.0. The molecule has 3 atom stereocenters. The smallest absolute Gasteiger partial charge is 0.228 e. The van der Waals surface area contributed by atoms with Crippen LogP contribution in [0.25, 0.3) is 0 Å². The number of rotatable bonds is 2. The summed E-state index contributed by atoms with van der Waals surface area (Å²) in [4.78, 5) is 28.9. The van der Waals surface area contributed by atoms with Crippen LogP contribution in [0.1, 0.15) is 31.4 Å². The molecule has 2 saturated heterocycles. The summed E-state index contributed by atoms with van der Waals surface area (Å²) >= 11 is 0. The molecule has 2 fully saturated rings. The van der Waals surface area contributed by atoms with E-state index < -0.39 is 0 Å². The highest BCUT2D eigenvalue weighted by Crippen LogP contribution is 2.28. The second-order valence-corrected chi connectivity index (χ2v) is 7.17. The molecule has 0 radical (unpaired) electrons. The van der Waals surface area contributed by atoms with Crippen LogP contribution in [0.15, 0.2) is 18.2 Å². The number of hydrogen-bond donors (Lipinski definition) is 0. The van der Waals surface area contributed by atoms with E-state index in [1.165, 1.54) is 5.56 Å². The van der Waals surface area contributed by atoms with Gasteiger partial charge in [-0.1, -0.05) is 6.07 Å². The third-order valence-electron chi connectivity index (χ3n) is 5.01. The van der Waals surface area contributed by atoms with Gasteiger partial charge in [0.2, 0.25) is 11.8 Å². The molecule has 24 heavy (non-hydrogen) atoms. The Morgan fingerprint density at radius 2 is 1.75 bits per heavy atom. The van der Waals surface area contributed by atoms with Crippen LogP contribution in [0.4, 0.5) is 5.69 Å². The van der Waals surface area contributed by atoms with Crippen molar-refractivity contribution < 1.29 is 14.3 Å². The summed E-state index contributed by atoms with van der Waals surface area (Å²) in [6.07, 6.45) is 0.391. The average molecular weight is 330 g/mol. The maximum atomic E-state index is 12.8. The van der Waals surface area contributed by atoms with E-state index >= 15 is 0 Å². The van der Waals surface area contributed by atoms with E-state index in [-0.39, 0.29) is 29.9 Å². The Hall–Kier alpha value is -1.88. The SMILES string of the molecule is Cc1ccc(N2C[C@H](C(=O)N3C[C@@H](C)O[C@@H](C)C3)CC2=O)cc1C. The molecule has 1 aromatic carbocycles. The molecule has 3 rings (SSSR count). The van der Waals surface area contributed by atoms with Crippen LogP contribution in [0.2, 0.25) is 0 Å². The Balaban J connectivity index is 1.72. The van der Waals surface area contributed by atoms with E-state index in [4.69, 9.17) is 4.74 Å². The highest BCUT2D eigenvalue weighted by Gasteiger charge is 2.38. The molecular formula is C19H26N2O3. The van der Waals surface area contributed by atoms with E-state index in [0.717, 1.165) is 11.3 Å². The summed E-state index contributed by atoms with van der Waals surface area (Å²) in [5.74, 6) is -0.140. The number of aryl methyl sites for hydroxylation is 2. The van der Waals surface area contributed by atoms with Crippen molar-refractivity contribution >= 4 is 17.5 Å². The number of carbonyl (C=O) groups excluding carboxylic acids is 2. The van der Waals surface area contributed by atoms with Crippen LogP contribution >= 0.6 is 0 Å². The molecule has 1 aromatic rings. The van der Waals surface area contributed by atoms with Crippen molar-refractivity contribution in [1.29, 1.82) is 0 Å². The molecule has 5 nitrogen and oxygen atoms in total. The first-order valence-corrected chi connectivity index (χ1v) is 8.67. The lowest BCUT2D eigenvalue weighted by Crippen LogP contribution is -2.50. The Bertz CT molecular complexity index is 648. The molecule has 2 aliphatic heterocycles. The van der Waals surface area contributed by atoms with E-state index in [1.807, 2.05) is 43.9 Å². The number of ether oxygens (including phenoxy) is 1. The zero-order valence-corrected chi connectivity index (χ0v) is 14.9. The summed E-state index contributed by atoms with van der Waals surface area (Å²) in [6, 6.07) is 6.02. The normalized spacial score (nSPS) is 27.7. The molecule has 2 amide bonds. The number of anilines is 1. The van der Waals surface area contributed by atoms with Gasteiger partial charge in [0, 0.05) is 31.7 Å². The van der Waals surface area contributed by atoms with E-state index in [1.54, 1.807) is 4.90 Å². The standard InChI is InChI=1S/C19H26N2O3/c1-12-5-6-17(7-13(12)2)21-11-16(8-18(21)22)19(23)20-9-14(3)24-15(4)10-20/h5-7,14-16H,8-11H2,1-4H3/t14-,15+,16-/m1/s1. The minimum atomic E-state index is -0.253. The monoisotopic (exact) mass is 330 g/mol. The molecule has 0 unspecified atom stereocenters. The minimum absolute atomic E-state index is 0.0333. The second kappa shape index (κ2) is 6.55. The molecule has 2 aliphatic rings. The zero-order chi connectivity index (χ0) is 17.4. The Labute approximate surface area is 143 Å². The van der Waals surface area contributed by atoms with Crippen LogP contribution in [-0.2, 0) is 14.3 Å². The number of morpholine rings is 1. The number of hydrogen-bond acceptors (Lipinski definition) is 3. The lowest BCUT2D eigenvalue weighted by Gasteiger charge is -2.36. The Kier molecular flexibility index (Phi) is 4.63. The third kappa shape index (κ3) is 3.31. The van der Waals surface area contributed by atoms with Gasteiger partial charge in [0.15, 0.2) is 0 Å². The molecule has 2 heterocycles. The summed E-state index contributed by atoms with van der Waals surface area (Å²) in [6.45, 7) is 9.75. The van der Waals surface area contributed by atoms with Crippen LogP contribution in [0.3, 0.4) is 0 Å². The molecule has 0 saturated carbocycles. The Morgan fingerprint density at radius 1 is 1.08 bits per heavy atom. The summed E-state index contributed by atoms with van der Waals surface area (Å²) in [5, 5.41) is 0. The molecule has 0 aromatic heterocycles. The van der Waals surface area contributed by atoms with E-state index in [0.29, 0.717) is 26.1 Å². The molecule has 0 spiro atoms. The van der Waals surface area contributed by atoms with Crippen LogP contribution in [0.5, 0.6) is 0 Å². The molecule has 0 N–H and O–H groups in total. The van der Waals surface area contributed by atoms with Crippen molar-refractivity contribution in [1.82, 2.24) is 4.90 Å². The molecule has 5 heteroatoms. The average Bonchev–Trinajstić information content (AvgIpc) is 2.90. The number of nitrogens with zero attached hydrogens (tertiary/aromatic N) is 2. The van der Waals surface area contributed by atoms with Crippen molar-refractivity contribution in [3.8, 4) is 0 Å². The lowest BCUT2D eigenvalue weighted by atomic mass is 10.1. The van der Waals surface area contributed by atoms with Gasteiger partial charge in [0.25, 0.3) is 0 Å². The van der Waals surface area contributed by atoms with Crippen molar-refractivity contribution in [2.24, 2.45) is 5.92 Å². The largest absolute Gasteiger partial charge is 0.372 e. The second-order valence-electron chi connectivity index (χ2n) is 7.17. The first-order valence-electron chi connectivity index (χ1n) is 8.67. The topological polar surface area (TPSA) is 49.9 Å². The van der Waals surface area contributed by atoms with E-state index in [2.05, 4.69) is 6.92 Å². The zero-order valence-electron chi connectivity index (χ0n) is 14.9. The van der Waals surface area contributed by atoms with Crippen LogP contribution < -0.4 is 4.90 Å². The predicted octanol–water partition coefficient (Wildman–Crippen LogP) is 2.29. The van der Waals surface area contributed by atoms with Gasteiger partial charge in [-0.25, -0.2) is 0 Å². The first-order chi connectivity index (χ1) is 11.3.